The Kier molecular flexibility index (Phi) is 3.34. The molecule has 24 heavy (non-hydrogen) atoms. The highest BCUT2D eigenvalue weighted by atomic mass is 16.5. The van der Waals surface area contributed by atoms with Crippen LogP contribution in [-0.4, -0.2) is 12.5 Å². The first kappa shape index (κ1) is 14.5. The van der Waals surface area contributed by atoms with Gasteiger partial charge in [0.2, 0.25) is 0 Å². The van der Waals surface area contributed by atoms with Crippen molar-refractivity contribution in [2.24, 2.45) is 0 Å². The average Bonchev–Trinajstić information content (AvgIpc) is 2.97. The number of rotatable bonds is 2. The van der Waals surface area contributed by atoms with E-state index in [0.29, 0.717) is 17.6 Å². The van der Waals surface area contributed by atoms with Gasteiger partial charge in [-0.05, 0) is 30.7 Å². The molecule has 4 rings (SSSR count). The molecule has 5 nitrogen and oxygen atoms in total. The number of nitrogens with one attached hydrogen (secondary N) is 1. The first-order valence-corrected chi connectivity index (χ1v) is 7.69. The summed E-state index contributed by atoms with van der Waals surface area (Å²) in [5.41, 5.74) is 2.06. The molecule has 0 radical (unpaired) electrons. The summed E-state index contributed by atoms with van der Waals surface area (Å²) in [4.78, 5) is 24.7. The topological polar surface area (TPSA) is 68.5 Å². The van der Waals surface area contributed by atoms with Crippen molar-refractivity contribution in [3.8, 4) is 5.75 Å². The number of ether oxygens (including phenoxy) is 1. The molecule has 0 fully saturated rings. The van der Waals surface area contributed by atoms with Crippen LogP contribution in [0.15, 0.2) is 57.7 Å². The quantitative estimate of drug-likeness (QED) is 0.788. The molecule has 0 bridgehead atoms. The summed E-state index contributed by atoms with van der Waals surface area (Å²) in [6.45, 7) is 2.26. The number of hydrogen-bond acceptors (Lipinski definition) is 4. The Morgan fingerprint density at radius 1 is 1.17 bits per heavy atom. The number of carbonyl (C=O) groups is 1. The van der Waals surface area contributed by atoms with E-state index >= 15 is 0 Å². The Bertz CT molecular complexity index is 1010. The van der Waals surface area contributed by atoms with Crippen molar-refractivity contribution in [2.45, 2.75) is 13.0 Å². The largest absolute Gasteiger partial charge is 0.491 e. The van der Waals surface area contributed by atoms with Gasteiger partial charge in [0.1, 0.15) is 17.9 Å². The van der Waals surface area contributed by atoms with E-state index < -0.39 is 5.91 Å². The lowest BCUT2D eigenvalue weighted by atomic mass is 10.1. The maximum Gasteiger partial charge on any atom is 0.287 e. The highest BCUT2D eigenvalue weighted by Gasteiger charge is 2.26. The molecule has 2 heterocycles. The smallest absolute Gasteiger partial charge is 0.287 e. The molecule has 3 aromatic rings. The summed E-state index contributed by atoms with van der Waals surface area (Å²) in [6, 6.07) is 13.8. The number of aryl methyl sites for hydroxylation is 1. The summed E-state index contributed by atoms with van der Waals surface area (Å²) in [5.74, 6) is 0.335. The molecule has 120 valence electrons. The molecule has 1 N–H and O–H groups in total. The Labute approximate surface area is 137 Å². The third kappa shape index (κ3) is 2.44. The zero-order valence-electron chi connectivity index (χ0n) is 13.0. The van der Waals surface area contributed by atoms with Crippen molar-refractivity contribution in [2.75, 3.05) is 6.61 Å². The molecule has 2 aromatic carbocycles. The van der Waals surface area contributed by atoms with Gasteiger partial charge in [-0.2, -0.15) is 0 Å². The second kappa shape index (κ2) is 5.53. The van der Waals surface area contributed by atoms with Crippen LogP contribution >= 0.6 is 0 Å². The van der Waals surface area contributed by atoms with Gasteiger partial charge >= 0.3 is 0 Å². The summed E-state index contributed by atoms with van der Waals surface area (Å²) in [7, 11) is 0. The lowest BCUT2D eigenvalue weighted by Gasteiger charge is -2.11. The normalized spacial score (nSPS) is 15.8. The number of fused-ring (bicyclic) bond motifs is 2. The van der Waals surface area contributed by atoms with Crippen molar-refractivity contribution in [3.63, 3.8) is 0 Å². The second-order valence-electron chi connectivity index (χ2n) is 5.85. The minimum Gasteiger partial charge on any atom is -0.491 e. The number of carbonyl (C=O) groups excluding carboxylic acids is 1. The van der Waals surface area contributed by atoms with Gasteiger partial charge in [-0.1, -0.05) is 24.3 Å². The number of amides is 1. The predicted octanol–water partition coefficient (Wildman–Crippen LogP) is 2.96. The zero-order chi connectivity index (χ0) is 16.7. The van der Waals surface area contributed by atoms with E-state index in [1.165, 1.54) is 6.07 Å². The van der Waals surface area contributed by atoms with E-state index in [2.05, 4.69) is 5.32 Å². The molecule has 0 spiro atoms. The van der Waals surface area contributed by atoms with Crippen LogP contribution in [0, 0.1) is 6.92 Å². The van der Waals surface area contributed by atoms with Crippen LogP contribution < -0.4 is 15.5 Å². The van der Waals surface area contributed by atoms with Crippen molar-refractivity contribution in [1.82, 2.24) is 5.32 Å². The number of hydrogen-bond donors (Lipinski definition) is 1. The van der Waals surface area contributed by atoms with Crippen LogP contribution in [0.5, 0.6) is 5.75 Å². The lowest BCUT2D eigenvalue weighted by molar-refractivity contribution is 0.0903. The minimum atomic E-state index is -0.430. The van der Waals surface area contributed by atoms with Gasteiger partial charge in [0.05, 0.1) is 11.4 Å². The highest BCUT2D eigenvalue weighted by Crippen LogP contribution is 2.31. The van der Waals surface area contributed by atoms with E-state index in [9.17, 15) is 9.59 Å². The van der Waals surface area contributed by atoms with E-state index in [1.807, 2.05) is 37.3 Å². The fourth-order valence-electron chi connectivity index (χ4n) is 2.89. The van der Waals surface area contributed by atoms with Gasteiger partial charge in [-0.3, -0.25) is 9.59 Å². The fraction of sp³-hybridized carbons (Fsp3) is 0.158. The van der Waals surface area contributed by atoms with Crippen molar-refractivity contribution in [3.05, 3.63) is 75.6 Å². The molecular formula is C19H15NO4. The summed E-state index contributed by atoms with van der Waals surface area (Å²) in [5, 5.41) is 3.33. The highest BCUT2D eigenvalue weighted by molar-refractivity contribution is 5.93. The minimum absolute atomic E-state index is 0.00230. The molecule has 1 unspecified atom stereocenters. The fourth-order valence-corrected chi connectivity index (χ4v) is 2.89. The van der Waals surface area contributed by atoms with E-state index in [-0.39, 0.29) is 17.2 Å². The Balaban J connectivity index is 1.66. The third-order valence-electron chi connectivity index (χ3n) is 4.11. The zero-order valence-corrected chi connectivity index (χ0v) is 13.0. The standard InChI is InChI=1S/C19H15NO4/c1-11-6-7-13-15(21)9-18(24-17(13)8-11)19(22)20-14-10-23-16-5-3-2-4-12(14)16/h2-9,14H,10H2,1H3,(H,20,22). The first-order valence-electron chi connectivity index (χ1n) is 7.69. The van der Waals surface area contributed by atoms with Crippen LogP contribution in [0.3, 0.4) is 0 Å². The molecule has 1 aliphatic heterocycles. The summed E-state index contributed by atoms with van der Waals surface area (Å²) >= 11 is 0. The van der Waals surface area contributed by atoms with Gasteiger partial charge in [0.15, 0.2) is 11.2 Å². The number of para-hydroxylation sites is 1. The van der Waals surface area contributed by atoms with Crippen molar-refractivity contribution in [1.29, 1.82) is 0 Å². The van der Waals surface area contributed by atoms with Gasteiger partial charge < -0.3 is 14.5 Å². The molecule has 1 aliphatic rings. The maximum absolute atomic E-state index is 12.5. The first-order chi connectivity index (χ1) is 11.6. The van der Waals surface area contributed by atoms with Crippen LogP contribution in [0.1, 0.15) is 27.7 Å². The molecule has 0 saturated carbocycles. The van der Waals surface area contributed by atoms with Crippen LogP contribution in [-0.2, 0) is 0 Å². The predicted molar refractivity (Wildman–Crippen MR) is 89.4 cm³/mol. The monoisotopic (exact) mass is 321 g/mol. The average molecular weight is 321 g/mol. The lowest BCUT2D eigenvalue weighted by Crippen LogP contribution is -2.30. The molecule has 0 saturated heterocycles. The summed E-state index contributed by atoms with van der Waals surface area (Å²) < 4.78 is 11.2. The second-order valence-corrected chi connectivity index (χ2v) is 5.85. The Morgan fingerprint density at radius 2 is 2.00 bits per heavy atom. The SMILES string of the molecule is Cc1ccc2c(=O)cc(C(=O)NC3COc4ccccc43)oc2c1. The van der Waals surface area contributed by atoms with Gasteiger partial charge in [-0.15, -0.1) is 0 Å². The molecule has 5 heteroatoms. The summed E-state index contributed by atoms with van der Waals surface area (Å²) in [6.07, 6.45) is 0. The molecular weight excluding hydrogens is 306 g/mol. The third-order valence-corrected chi connectivity index (χ3v) is 4.11. The molecule has 1 aromatic heterocycles. The molecule has 1 atom stereocenters. The van der Waals surface area contributed by atoms with Gasteiger partial charge in [0.25, 0.3) is 5.91 Å². The van der Waals surface area contributed by atoms with Crippen LogP contribution in [0.4, 0.5) is 0 Å². The van der Waals surface area contributed by atoms with E-state index in [4.69, 9.17) is 9.15 Å². The number of benzene rings is 2. The maximum atomic E-state index is 12.5. The van der Waals surface area contributed by atoms with E-state index in [1.54, 1.807) is 12.1 Å². The van der Waals surface area contributed by atoms with Gasteiger partial charge in [0, 0.05) is 11.6 Å². The van der Waals surface area contributed by atoms with Crippen LogP contribution in [0.25, 0.3) is 11.0 Å². The van der Waals surface area contributed by atoms with Crippen molar-refractivity contribution < 1.29 is 13.9 Å². The molecule has 1 amide bonds. The van der Waals surface area contributed by atoms with Crippen LogP contribution in [0.2, 0.25) is 0 Å². The van der Waals surface area contributed by atoms with E-state index in [0.717, 1.165) is 16.9 Å². The van der Waals surface area contributed by atoms with Crippen molar-refractivity contribution >= 4 is 16.9 Å². The molecule has 0 aliphatic carbocycles. The van der Waals surface area contributed by atoms with Gasteiger partial charge in [-0.25, -0.2) is 0 Å². The Morgan fingerprint density at radius 3 is 2.88 bits per heavy atom. The Hall–Kier alpha value is -3.08.